The Balaban J connectivity index is 5.24. The Morgan fingerprint density at radius 2 is 0.821 bits per heavy atom. The first-order valence-corrected chi connectivity index (χ1v) is 33.5. The average Bonchev–Trinajstić information content (AvgIpc) is 3.40. The number of nitrogens with zero attached hydrogens (tertiary/aromatic N) is 1. The Hall–Kier alpha value is -3.07. The average molecular weight is 1110 g/mol. The van der Waals surface area contributed by atoms with Gasteiger partial charge in [-0.2, -0.15) is 0 Å². The highest BCUT2D eigenvalue weighted by Crippen LogP contribution is 2.38. The molecular weight excluding hydrogens is 988 g/mol. The predicted octanol–water partition coefficient (Wildman–Crippen LogP) is 19.3. The number of esters is 1. The van der Waals surface area contributed by atoms with Crippen molar-refractivity contribution < 1.29 is 37.3 Å². The molecule has 10 heteroatoms. The van der Waals surface area contributed by atoms with Crippen molar-refractivity contribution in [1.82, 2.24) is 5.32 Å². The molecule has 0 aromatic rings. The first kappa shape index (κ1) is 74.9. The van der Waals surface area contributed by atoms with Crippen LogP contribution in [0.5, 0.6) is 0 Å². The number of carbonyl (C=O) groups excluding carboxylic acids is 2. The minimum atomic E-state index is -4.71. The third-order valence-electron chi connectivity index (χ3n) is 13.7. The van der Waals surface area contributed by atoms with Crippen LogP contribution >= 0.6 is 7.82 Å². The van der Waals surface area contributed by atoms with Gasteiger partial charge in [-0.3, -0.25) is 14.2 Å². The van der Waals surface area contributed by atoms with Crippen LogP contribution < -0.4 is 10.2 Å². The molecule has 3 atom stereocenters. The molecule has 0 aliphatic heterocycles. The normalized spacial score (nSPS) is 14.3. The van der Waals surface area contributed by atoms with Gasteiger partial charge in [-0.05, 0) is 109 Å². The van der Waals surface area contributed by atoms with Crippen LogP contribution in [-0.2, 0) is 27.9 Å². The van der Waals surface area contributed by atoms with Crippen molar-refractivity contribution >= 4 is 19.7 Å². The third kappa shape index (κ3) is 57.6. The van der Waals surface area contributed by atoms with E-state index in [4.69, 9.17) is 13.8 Å². The number of ether oxygens (including phenoxy) is 1. The first-order valence-electron chi connectivity index (χ1n) is 32.0. The van der Waals surface area contributed by atoms with E-state index in [1.807, 2.05) is 33.3 Å². The van der Waals surface area contributed by atoms with Crippen LogP contribution in [0.1, 0.15) is 271 Å². The lowest BCUT2D eigenvalue weighted by Gasteiger charge is -2.30. The second kappa shape index (κ2) is 57.2. The summed E-state index contributed by atoms with van der Waals surface area (Å²) in [7, 11) is 1.16. The molecule has 1 N–H and O–H groups in total. The summed E-state index contributed by atoms with van der Waals surface area (Å²) < 4.78 is 30.3. The Morgan fingerprint density at radius 1 is 0.462 bits per heavy atom. The second-order valence-electron chi connectivity index (χ2n) is 22.5. The number of rotatable bonds is 57. The maximum absolute atomic E-state index is 13.5. The topological polar surface area (TPSA) is 114 Å². The molecule has 0 bridgehead atoms. The van der Waals surface area contributed by atoms with Gasteiger partial charge in [-0.25, -0.2) is 0 Å². The van der Waals surface area contributed by atoms with Crippen LogP contribution in [0.4, 0.5) is 0 Å². The molecule has 0 aliphatic carbocycles. The summed E-state index contributed by atoms with van der Waals surface area (Å²) in [6.45, 7) is 6.69. The molecule has 450 valence electrons. The van der Waals surface area contributed by atoms with Crippen molar-refractivity contribution in [1.29, 1.82) is 0 Å². The summed E-state index contributed by atoms with van der Waals surface area (Å²) in [5.41, 5.74) is 0. The van der Waals surface area contributed by atoms with E-state index >= 15 is 0 Å². The van der Waals surface area contributed by atoms with Gasteiger partial charge < -0.3 is 28.5 Å². The molecule has 1 amide bonds. The molecule has 0 fully saturated rings. The van der Waals surface area contributed by atoms with E-state index in [9.17, 15) is 19.0 Å². The highest BCUT2D eigenvalue weighted by molar-refractivity contribution is 7.45. The van der Waals surface area contributed by atoms with E-state index in [2.05, 4.69) is 111 Å². The number of allylic oxidation sites excluding steroid dienone is 15. The number of carbonyl (C=O) groups is 2. The predicted molar refractivity (Wildman–Crippen MR) is 334 cm³/mol. The second-order valence-corrected chi connectivity index (χ2v) is 23.9. The van der Waals surface area contributed by atoms with Crippen molar-refractivity contribution in [3.05, 3.63) is 97.2 Å². The van der Waals surface area contributed by atoms with Crippen LogP contribution in [0.2, 0.25) is 0 Å². The van der Waals surface area contributed by atoms with Crippen molar-refractivity contribution in [3.8, 4) is 0 Å². The zero-order chi connectivity index (χ0) is 57.2. The molecule has 0 heterocycles. The minimum absolute atomic E-state index is 0.0300. The van der Waals surface area contributed by atoms with Gasteiger partial charge in [0.1, 0.15) is 19.3 Å². The van der Waals surface area contributed by atoms with E-state index in [1.165, 1.54) is 116 Å². The lowest BCUT2D eigenvalue weighted by molar-refractivity contribution is -0.870. The quantitative estimate of drug-likeness (QED) is 0.0212. The lowest BCUT2D eigenvalue weighted by Crippen LogP contribution is -2.47. The van der Waals surface area contributed by atoms with E-state index in [0.29, 0.717) is 23.9 Å². The van der Waals surface area contributed by atoms with Gasteiger partial charge in [0.15, 0.2) is 0 Å². The van der Waals surface area contributed by atoms with E-state index in [-0.39, 0.29) is 24.9 Å². The summed E-state index contributed by atoms with van der Waals surface area (Å²) in [6.07, 6.45) is 76.5. The maximum Gasteiger partial charge on any atom is 0.306 e. The van der Waals surface area contributed by atoms with Crippen molar-refractivity contribution in [2.24, 2.45) is 0 Å². The largest absolute Gasteiger partial charge is 0.756 e. The standard InChI is InChI=1S/C68H121N2O7P/c1-7-10-13-16-19-22-25-28-30-32-33-34-35-36-37-39-41-43-46-49-52-55-58-61-68(72)77-66(59-56-53-50-47-44-27-24-21-18-15-12-9-3)65(64-76-78(73,74)75-63-62-70(4,5)6)69-67(71)60-57-54-51-48-45-42-40-38-31-29-26-23-20-17-14-11-8-2/h10,13,19-20,22-23,28-31,33-34,36-37,56,59,65-66H,7-9,11-12,14-18,21,24-27,32,35,38-55,57-58,60-64H2,1-6H3,(H-,69,71,73,74)/b13-10-,22-19-,23-20-,30-28-,31-29-,34-33-,37-36-,59-56-. The Kier molecular flexibility index (Phi) is 54.9. The summed E-state index contributed by atoms with van der Waals surface area (Å²) >= 11 is 0. The molecule has 0 aromatic heterocycles. The number of phosphoric ester groups is 1. The van der Waals surface area contributed by atoms with Crippen LogP contribution in [0, 0.1) is 0 Å². The molecule has 3 unspecified atom stereocenters. The fourth-order valence-electron chi connectivity index (χ4n) is 8.81. The van der Waals surface area contributed by atoms with Crippen molar-refractivity contribution in [2.75, 3.05) is 40.9 Å². The SMILES string of the molecule is CC/C=C\C/C=C\C/C=C\C/C=C\C/C=C\CCCCCCCCCC(=O)OC(/C=C\CCCCCCCCCCCC)C(COP(=O)([O-])OCC[N+](C)(C)C)NC(=O)CCCCCCCCC/C=C\C/C=C\CCCCC. The highest BCUT2D eigenvalue weighted by Gasteiger charge is 2.27. The molecule has 0 aliphatic rings. The Labute approximate surface area is 481 Å². The fourth-order valence-corrected chi connectivity index (χ4v) is 9.54. The molecule has 0 aromatic carbocycles. The molecule has 0 saturated heterocycles. The first-order chi connectivity index (χ1) is 37.9. The third-order valence-corrected chi connectivity index (χ3v) is 14.7. The molecule has 0 spiro atoms. The molecule has 78 heavy (non-hydrogen) atoms. The van der Waals surface area contributed by atoms with Gasteiger partial charge in [0.05, 0.1) is 33.8 Å². The fraction of sp³-hybridized carbons (Fsp3) is 0.735. The minimum Gasteiger partial charge on any atom is -0.756 e. The monoisotopic (exact) mass is 1110 g/mol. The highest BCUT2D eigenvalue weighted by atomic mass is 31.2. The van der Waals surface area contributed by atoms with Gasteiger partial charge in [-0.1, -0.05) is 247 Å². The van der Waals surface area contributed by atoms with E-state index in [1.54, 1.807) is 0 Å². The Morgan fingerprint density at radius 3 is 1.26 bits per heavy atom. The molecule has 0 rings (SSSR count). The molecule has 9 nitrogen and oxygen atoms in total. The molecule has 0 saturated carbocycles. The summed E-state index contributed by atoms with van der Waals surface area (Å²) in [5.74, 6) is -0.564. The lowest BCUT2D eigenvalue weighted by atomic mass is 10.0. The summed E-state index contributed by atoms with van der Waals surface area (Å²) in [5, 5.41) is 3.02. The van der Waals surface area contributed by atoms with Crippen LogP contribution in [-0.4, -0.2) is 69.4 Å². The van der Waals surface area contributed by atoms with Gasteiger partial charge in [0, 0.05) is 12.8 Å². The number of hydrogen-bond donors (Lipinski definition) is 1. The number of unbranched alkanes of at least 4 members (excludes halogenated alkanes) is 27. The number of quaternary nitrogens is 1. The molecular formula is C68H121N2O7P. The number of hydrogen-bond acceptors (Lipinski definition) is 7. The van der Waals surface area contributed by atoms with Crippen LogP contribution in [0.15, 0.2) is 97.2 Å². The number of amides is 1. The summed E-state index contributed by atoms with van der Waals surface area (Å²) in [6, 6.07) is -0.903. The van der Waals surface area contributed by atoms with Gasteiger partial charge in [0.2, 0.25) is 5.91 Å². The van der Waals surface area contributed by atoms with Gasteiger partial charge in [-0.15, -0.1) is 0 Å². The van der Waals surface area contributed by atoms with Crippen molar-refractivity contribution in [3.63, 3.8) is 0 Å². The summed E-state index contributed by atoms with van der Waals surface area (Å²) in [4.78, 5) is 40.0. The van der Waals surface area contributed by atoms with Crippen molar-refractivity contribution in [2.45, 2.75) is 283 Å². The van der Waals surface area contributed by atoms with Crippen LogP contribution in [0.3, 0.4) is 0 Å². The van der Waals surface area contributed by atoms with Gasteiger partial charge in [0.25, 0.3) is 7.82 Å². The number of nitrogens with one attached hydrogen (secondary N) is 1. The zero-order valence-electron chi connectivity index (χ0n) is 51.3. The van der Waals surface area contributed by atoms with Crippen LogP contribution in [0.25, 0.3) is 0 Å². The van der Waals surface area contributed by atoms with Gasteiger partial charge >= 0.3 is 5.97 Å². The Bertz CT molecular complexity index is 1660. The van der Waals surface area contributed by atoms with E-state index < -0.39 is 26.6 Å². The van der Waals surface area contributed by atoms with E-state index in [0.717, 1.165) is 116 Å². The maximum atomic E-state index is 13.5. The zero-order valence-corrected chi connectivity index (χ0v) is 52.2. The smallest absolute Gasteiger partial charge is 0.306 e. The molecule has 0 radical (unpaired) electrons. The number of likely N-dealkylation sites (N-methyl/N-ethyl adjacent to an activating group) is 1. The number of phosphoric acid groups is 1.